The van der Waals surface area contributed by atoms with E-state index in [1.54, 1.807) is 12.1 Å². The van der Waals surface area contributed by atoms with E-state index in [2.05, 4.69) is 5.32 Å². The number of rotatable bonds is 8. The summed E-state index contributed by atoms with van der Waals surface area (Å²) < 4.78 is 27.1. The Hall–Kier alpha value is -1.93. The molecule has 0 aliphatic carbocycles. The summed E-state index contributed by atoms with van der Waals surface area (Å²) in [5.41, 5.74) is 7.23. The normalized spacial score (nSPS) is 11.0. The highest BCUT2D eigenvalue weighted by Gasteiger charge is 2.23. The van der Waals surface area contributed by atoms with Crippen molar-refractivity contribution in [3.8, 4) is 0 Å². The Morgan fingerprint density at radius 3 is 2.19 bits per heavy atom. The van der Waals surface area contributed by atoms with E-state index in [4.69, 9.17) is 5.73 Å². The smallest absolute Gasteiger partial charge is 0.243 e. The predicted octanol–water partition coefficient (Wildman–Crippen LogP) is 2.26. The van der Waals surface area contributed by atoms with Crippen molar-refractivity contribution in [2.75, 3.05) is 25.0 Å². The van der Waals surface area contributed by atoms with E-state index in [9.17, 15) is 13.2 Å². The lowest BCUT2D eigenvalue weighted by atomic mass is 10.1. The number of nitrogens with one attached hydrogen (secondary N) is 1. The van der Waals surface area contributed by atoms with Crippen LogP contribution in [-0.4, -0.2) is 38.3 Å². The molecule has 142 valence electrons. The van der Waals surface area contributed by atoms with Gasteiger partial charge in [-0.2, -0.15) is 4.31 Å². The number of carbonyl (C=O) groups excluding carboxylic acids is 1. The lowest BCUT2D eigenvalue weighted by Gasteiger charge is -2.21. The van der Waals surface area contributed by atoms with Crippen molar-refractivity contribution >= 4 is 34.0 Å². The first-order valence-electron chi connectivity index (χ1n) is 8.05. The maximum atomic E-state index is 12.9. The summed E-state index contributed by atoms with van der Waals surface area (Å²) in [6.07, 6.45) is 0.615. The van der Waals surface area contributed by atoms with Crippen molar-refractivity contribution in [2.45, 2.75) is 18.2 Å². The number of carbonyl (C=O) groups is 1. The molecule has 0 aliphatic heterocycles. The van der Waals surface area contributed by atoms with E-state index in [0.717, 1.165) is 5.56 Å². The largest absolute Gasteiger partial charge is 0.329 e. The average molecular weight is 398 g/mol. The fourth-order valence-electron chi connectivity index (χ4n) is 2.46. The van der Waals surface area contributed by atoms with E-state index >= 15 is 0 Å². The van der Waals surface area contributed by atoms with Crippen LogP contribution in [0.15, 0.2) is 59.5 Å². The summed E-state index contributed by atoms with van der Waals surface area (Å²) in [5, 5.41) is 2.62. The Kier molecular flexibility index (Phi) is 8.74. The Morgan fingerprint density at radius 2 is 1.65 bits per heavy atom. The van der Waals surface area contributed by atoms with Crippen LogP contribution in [0.1, 0.15) is 12.5 Å². The molecule has 8 heteroatoms. The number of amides is 1. The van der Waals surface area contributed by atoms with E-state index in [0.29, 0.717) is 18.7 Å². The Bertz CT molecular complexity index is 796. The summed E-state index contributed by atoms with van der Waals surface area (Å²) in [5.74, 6) is -0.205. The van der Waals surface area contributed by atoms with Crippen molar-refractivity contribution in [1.29, 1.82) is 0 Å². The van der Waals surface area contributed by atoms with Gasteiger partial charge in [-0.1, -0.05) is 30.3 Å². The second-order valence-corrected chi connectivity index (χ2v) is 7.57. The van der Waals surface area contributed by atoms with Crippen LogP contribution in [-0.2, 0) is 21.2 Å². The van der Waals surface area contributed by atoms with Gasteiger partial charge in [-0.05, 0) is 36.2 Å². The van der Waals surface area contributed by atoms with Gasteiger partial charge >= 0.3 is 0 Å². The van der Waals surface area contributed by atoms with Crippen LogP contribution >= 0.6 is 12.4 Å². The van der Waals surface area contributed by atoms with E-state index in [-0.39, 0.29) is 36.3 Å². The van der Waals surface area contributed by atoms with Crippen LogP contribution in [0.3, 0.4) is 0 Å². The molecule has 3 N–H and O–H groups in total. The molecule has 0 aliphatic rings. The molecule has 0 atom stereocenters. The lowest BCUT2D eigenvalue weighted by Crippen LogP contribution is -2.36. The Morgan fingerprint density at radius 1 is 1.04 bits per heavy atom. The van der Waals surface area contributed by atoms with Crippen molar-refractivity contribution in [3.05, 3.63) is 60.2 Å². The van der Waals surface area contributed by atoms with E-state index in [1.807, 2.05) is 30.3 Å². The van der Waals surface area contributed by atoms with Gasteiger partial charge in [0.2, 0.25) is 15.9 Å². The van der Waals surface area contributed by atoms with Gasteiger partial charge in [0.15, 0.2) is 0 Å². The van der Waals surface area contributed by atoms with E-state index in [1.165, 1.54) is 23.4 Å². The summed E-state index contributed by atoms with van der Waals surface area (Å²) in [6.45, 7) is 2.26. The molecule has 0 spiro atoms. The zero-order valence-corrected chi connectivity index (χ0v) is 16.2. The summed E-state index contributed by atoms with van der Waals surface area (Å²) in [7, 11) is -3.64. The van der Waals surface area contributed by atoms with Crippen LogP contribution in [0.2, 0.25) is 0 Å². The molecule has 0 saturated heterocycles. The number of halogens is 1. The molecule has 0 aromatic heterocycles. The second-order valence-electron chi connectivity index (χ2n) is 5.63. The summed E-state index contributed by atoms with van der Waals surface area (Å²) in [4.78, 5) is 11.2. The van der Waals surface area contributed by atoms with Crippen LogP contribution in [0.25, 0.3) is 0 Å². The number of nitrogens with zero attached hydrogens (tertiary/aromatic N) is 1. The zero-order chi connectivity index (χ0) is 18.3. The van der Waals surface area contributed by atoms with Gasteiger partial charge in [-0.25, -0.2) is 8.42 Å². The number of benzene rings is 2. The molecular formula is C18H24ClN3O3S. The average Bonchev–Trinajstić information content (AvgIpc) is 2.59. The number of hydrogen-bond donors (Lipinski definition) is 2. The molecule has 1 amide bonds. The van der Waals surface area contributed by atoms with Crippen molar-refractivity contribution in [1.82, 2.24) is 4.31 Å². The topological polar surface area (TPSA) is 92.5 Å². The van der Waals surface area contributed by atoms with Crippen molar-refractivity contribution < 1.29 is 13.2 Å². The number of anilines is 1. The number of sulfonamides is 1. The van der Waals surface area contributed by atoms with Gasteiger partial charge in [0.1, 0.15) is 0 Å². The van der Waals surface area contributed by atoms with Crippen molar-refractivity contribution in [2.24, 2.45) is 5.73 Å². The molecule has 0 heterocycles. The fraction of sp³-hybridized carbons (Fsp3) is 0.278. The highest BCUT2D eigenvalue weighted by molar-refractivity contribution is 7.89. The van der Waals surface area contributed by atoms with Crippen LogP contribution in [0, 0.1) is 0 Å². The first-order chi connectivity index (χ1) is 11.9. The number of nitrogens with two attached hydrogens (primary N) is 1. The van der Waals surface area contributed by atoms with Gasteiger partial charge in [-0.3, -0.25) is 4.79 Å². The molecule has 26 heavy (non-hydrogen) atoms. The van der Waals surface area contributed by atoms with Gasteiger partial charge in [0, 0.05) is 32.2 Å². The van der Waals surface area contributed by atoms with Gasteiger partial charge < -0.3 is 11.1 Å². The van der Waals surface area contributed by atoms with Crippen LogP contribution < -0.4 is 11.1 Å². The minimum Gasteiger partial charge on any atom is -0.329 e. The second kappa shape index (κ2) is 10.3. The minimum absolute atomic E-state index is 0. The third-order valence-electron chi connectivity index (χ3n) is 3.68. The Labute approximate surface area is 160 Å². The molecule has 0 radical (unpaired) electrons. The maximum Gasteiger partial charge on any atom is 0.243 e. The molecule has 0 saturated carbocycles. The standard InChI is InChI=1S/C18H23N3O3S.ClH/c1-15(22)20-17-7-9-18(10-8-17)25(23,24)21(14-12-19)13-11-16-5-3-2-4-6-16;/h2-10H,11-14,19H2,1H3,(H,20,22);1H. The van der Waals surface area contributed by atoms with Crippen LogP contribution in [0.4, 0.5) is 5.69 Å². The summed E-state index contributed by atoms with van der Waals surface area (Å²) >= 11 is 0. The Balaban J connectivity index is 0.00000338. The zero-order valence-electron chi connectivity index (χ0n) is 14.6. The maximum absolute atomic E-state index is 12.9. The first-order valence-corrected chi connectivity index (χ1v) is 9.49. The molecule has 0 bridgehead atoms. The lowest BCUT2D eigenvalue weighted by molar-refractivity contribution is -0.114. The highest BCUT2D eigenvalue weighted by Crippen LogP contribution is 2.19. The van der Waals surface area contributed by atoms with Crippen molar-refractivity contribution in [3.63, 3.8) is 0 Å². The molecule has 0 fully saturated rings. The SMILES string of the molecule is CC(=O)Nc1ccc(S(=O)(=O)N(CCN)CCc2ccccc2)cc1.Cl. The van der Waals surface area contributed by atoms with Gasteiger partial charge in [-0.15, -0.1) is 12.4 Å². The molecular weight excluding hydrogens is 374 g/mol. The molecule has 6 nitrogen and oxygen atoms in total. The quantitative estimate of drug-likeness (QED) is 0.714. The minimum atomic E-state index is -3.64. The third-order valence-corrected chi connectivity index (χ3v) is 5.60. The van der Waals surface area contributed by atoms with E-state index < -0.39 is 10.0 Å². The highest BCUT2D eigenvalue weighted by atomic mass is 35.5. The first kappa shape index (κ1) is 22.1. The van der Waals surface area contributed by atoms with Gasteiger partial charge in [0.05, 0.1) is 4.90 Å². The third kappa shape index (κ3) is 6.10. The van der Waals surface area contributed by atoms with Crippen LogP contribution in [0.5, 0.6) is 0 Å². The molecule has 0 unspecified atom stereocenters. The molecule has 2 rings (SSSR count). The fourth-order valence-corrected chi connectivity index (χ4v) is 3.91. The number of hydrogen-bond acceptors (Lipinski definition) is 4. The summed E-state index contributed by atoms with van der Waals surface area (Å²) in [6, 6.07) is 15.9. The molecule has 2 aromatic rings. The van der Waals surface area contributed by atoms with Gasteiger partial charge in [0.25, 0.3) is 0 Å². The monoisotopic (exact) mass is 397 g/mol. The predicted molar refractivity (Wildman–Crippen MR) is 106 cm³/mol. The molecule has 2 aromatic carbocycles.